The average molecular weight is 873 g/mol. The Balaban J connectivity index is 1.34. The molecule has 2 unspecified atom stereocenters. The fourth-order valence-electron chi connectivity index (χ4n) is 5.05. The third-order valence-corrected chi connectivity index (χ3v) is 8.31. The fraction of sp³-hybridized carbons (Fsp3) is 0.319. The lowest BCUT2D eigenvalue weighted by atomic mass is 10.2. The van der Waals surface area contributed by atoms with Crippen molar-refractivity contribution in [1.82, 2.24) is 0 Å². The summed E-state index contributed by atoms with van der Waals surface area (Å²) in [6.07, 6.45) is 5.05. The summed E-state index contributed by atoms with van der Waals surface area (Å²) >= 11 is 0. The van der Waals surface area contributed by atoms with E-state index in [-0.39, 0.29) is 32.2 Å². The van der Waals surface area contributed by atoms with Crippen LogP contribution in [0.2, 0.25) is 0 Å². The first kappa shape index (κ1) is 50.3. The monoisotopic (exact) mass is 872 g/mol. The molecule has 16 heteroatoms. The molecule has 0 spiro atoms. The van der Waals surface area contributed by atoms with E-state index in [4.69, 9.17) is 47.4 Å². The zero-order valence-electron chi connectivity index (χ0n) is 35.2. The van der Waals surface area contributed by atoms with Crippen molar-refractivity contribution < 1.29 is 76.1 Å². The highest BCUT2D eigenvalue weighted by molar-refractivity contribution is 5.92. The number of ether oxygens (including phenoxy) is 10. The Kier molecular flexibility index (Phi) is 22.7. The van der Waals surface area contributed by atoms with Gasteiger partial charge in [0.2, 0.25) is 0 Å². The van der Waals surface area contributed by atoms with Crippen LogP contribution in [0.3, 0.4) is 0 Å². The van der Waals surface area contributed by atoms with E-state index in [9.17, 15) is 28.8 Å². The van der Waals surface area contributed by atoms with E-state index in [0.717, 1.165) is 24.3 Å². The lowest BCUT2D eigenvalue weighted by Crippen LogP contribution is -2.29. The van der Waals surface area contributed by atoms with Gasteiger partial charge in [-0.05, 0) is 105 Å². The summed E-state index contributed by atoms with van der Waals surface area (Å²) in [5, 5.41) is 0. The number of aryl methyl sites for hydroxylation is 1. The van der Waals surface area contributed by atoms with E-state index in [1.165, 1.54) is 6.07 Å². The first-order chi connectivity index (χ1) is 30.4. The molecule has 0 amide bonds. The summed E-state index contributed by atoms with van der Waals surface area (Å²) in [7, 11) is 0. The molecule has 3 aromatic carbocycles. The van der Waals surface area contributed by atoms with E-state index in [0.29, 0.717) is 86.0 Å². The number of carbonyl (C=O) groups is 6. The molecular weight excluding hydrogens is 821 g/mol. The van der Waals surface area contributed by atoms with Crippen molar-refractivity contribution in [2.75, 3.05) is 52.9 Å². The molecule has 63 heavy (non-hydrogen) atoms. The molecule has 0 fully saturated rings. The summed E-state index contributed by atoms with van der Waals surface area (Å²) in [6.45, 7) is 16.2. The highest BCUT2D eigenvalue weighted by atomic mass is 16.6. The molecule has 0 aliphatic rings. The zero-order valence-corrected chi connectivity index (χ0v) is 35.2. The van der Waals surface area contributed by atoms with Gasteiger partial charge in [-0.3, -0.25) is 0 Å². The Morgan fingerprint density at radius 2 is 0.889 bits per heavy atom. The molecule has 16 nitrogen and oxygen atoms in total. The van der Waals surface area contributed by atoms with Crippen LogP contribution in [0.25, 0.3) is 0 Å². The molecule has 0 aromatic heterocycles. The Labute approximate surface area is 365 Å². The van der Waals surface area contributed by atoms with E-state index >= 15 is 0 Å². The van der Waals surface area contributed by atoms with Crippen LogP contribution >= 0.6 is 0 Å². The smallest absolute Gasteiger partial charge is 0.343 e. The second-order valence-electron chi connectivity index (χ2n) is 13.2. The van der Waals surface area contributed by atoms with Gasteiger partial charge >= 0.3 is 35.8 Å². The van der Waals surface area contributed by atoms with Crippen LogP contribution in [-0.4, -0.2) is 101 Å². The lowest BCUT2D eigenvalue weighted by Gasteiger charge is -2.17. The Morgan fingerprint density at radius 3 is 1.30 bits per heavy atom. The predicted molar refractivity (Wildman–Crippen MR) is 228 cm³/mol. The van der Waals surface area contributed by atoms with Crippen molar-refractivity contribution in [3.63, 3.8) is 0 Å². The van der Waals surface area contributed by atoms with E-state index < -0.39 is 48.0 Å². The van der Waals surface area contributed by atoms with Gasteiger partial charge in [0.1, 0.15) is 36.2 Å². The van der Waals surface area contributed by atoms with E-state index in [1.54, 1.807) is 67.6 Å². The minimum atomic E-state index is -0.789. The zero-order chi connectivity index (χ0) is 45.8. The van der Waals surface area contributed by atoms with Gasteiger partial charge in [-0.1, -0.05) is 26.3 Å². The van der Waals surface area contributed by atoms with Crippen LogP contribution in [0, 0.1) is 6.92 Å². The van der Waals surface area contributed by atoms with Crippen molar-refractivity contribution in [3.8, 4) is 23.0 Å². The number of hydrogen-bond donors (Lipinski definition) is 0. The second-order valence-corrected chi connectivity index (χ2v) is 13.2. The van der Waals surface area contributed by atoms with Gasteiger partial charge in [-0.15, -0.1) is 0 Å². The first-order valence-electron chi connectivity index (χ1n) is 19.8. The summed E-state index contributed by atoms with van der Waals surface area (Å²) in [4.78, 5) is 71.4. The average Bonchev–Trinajstić information content (AvgIpc) is 3.29. The quantitative estimate of drug-likeness (QED) is 0.0233. The van der Waals surface area contributed by atoms with Crippen LogP contribution < -0.4 is 18.9 Å². The topological polar surface area (TPSA) is 195 Å². The van der Waals surface area contributed by atoms with Crippen LogP contribution in [0.4, 0.5) is 0 Å². The summed E-state index contributed by atoms with van der Waals surface area (Å²) in [6, 6.07) is 17.6. The van der Waals surface area contributed by atoms with Crippen LogP contribution in [0.5, 0.6) is 23.0 Å². The van der Waals surface area contributed by atoms with Crippen LogP contribution in [0.1, 0.15) is 52.0 Å². The summed E-state index contributed by atoms with van der Waals surface area (Å²) in [5.74, 6) is -2.10. The highest BCUT2D eigenvalue weighted by Crippen LogP contribution is 2.26. The summed E-state index contributed by atoms with van der Waals surface area (Å²) < 4.78 is 53.9. The number of benzene rings is 3. The molecule has 0 radical (unpaired) electrons. The maximum Gasteiger partial charge on any atom is 0.343 e. The van der Waals surface area contributed by atoms with E-state index in [1.807, 2.05) is 0 Å². The largest absolute Gasteiger partial charge is 0.494 e. The maximum absolute atomic E-state index is 12.9. The first-order valence-corrected chi connectivity index (χ1v) is 19.8. The molecule has 3 rings (SSSR count). The third-order valence-electron chi connectivity index (χ3n) is 8.31. The van der Waals surface area contributed by atoms with Gasteiger partial charge in [0.25, 0.3) is 0 Å². The predicted octanol–water partition coefficient (Wildman–Crippen LogP) is 6.44. The molecule has 0 bridgehead atoms. The molecule has 0 aliphatic carbocycles. The molecule has 336 valence electrons. The molecule has 0 heterocycles. The van der Waals surface area contributed by atoms with Gasteiger partial charge in [-0.25, -0.2) is 28.8 Å². The number of unbranched alkanes of at least 4 members (excludes halogenated alkanes) is 2. The van der Waals surface area contributed by atoms with Gasteiger partial charge in [0.15, 0.2) is 12.2 Å². The van der Waals surface area contributed by atoms with Gasteiger partial charge in [0.05, 0.1) is 37.6 Å². The third kappa shape index (κ3) is 19.9. The van der Waals surface area contributed by atoms with Crippen molar-refractivity contribution in [3.05, 3.63) is 134 Å². The van der Waals surface area contributed by atoms with Crippen molar-refractivity contribution in [2.45, 2.75) is 44.8 Å². The van der Waals surface area contributed by atoms with Crippen LogP contribution in [0.15, 0.2) is 117 Å². The molecule has 0 saturated carbocycles. The maximum atomic E-state index is 12.9. The molecule has 2 atom stereocenters. The van der Waals surface area contributed by atoms with Crippen LogP contribution in [-0.2, 0) is 47.6 Å². The van der Waals surface area contributed by atoms with Crippen molar-refractivity contribution in [2.24, 2.45) is 0 Å². The number of carbonyl (C=O) groups excluding carboxylic acids is 6. The SMILES string of the molecule is C=CC(=O)OCC(COCCCCOc1ccc(C(=O)Oc2ccc(OC(=O)c3ccc(OCCCCOCC(COC(=O)C=C)OC(=O)C=C)cc3)c(C)c2)cc1)OC(=O)C=C. The van der Waals surface area contributed by atoms with Gasteiger partial charge in [-0.2, -0.15) is 0 Å². The molecule has 3 aromatic rings. The number of esters is 6. The number of rotatable bonds is 30. The molecule has 0 N–H and O–H groups in total. The summed E-state index contributed by atoms with van der Waals surface area (Å²) in [5.41, 5.74) is 1.18. The lowest BCUT2D eigenvalue weighted by molar-refractivity contribution is -0.156. The Morgan fingerprint density at radius 1 is 0.492 bits per heavy atom. The van der Waals surface area contributed by atoms with Gasteiger partial charge < -0.3 is 47.4 Å². The Hall–Kier alpha value is -7.04. The number of hydrogen-bond acceptors (Lipinski definition) is 16. The van der Waals surface area contributed by atoms with Crippen molar-refractivity contribution >= 4 is 35.8 Å². The fourth-order valence-corrected chi connectivity index (χ4v) is 5.05. The van der Waals surface area contributed by atoms with E-state index in [2.05, 4.69) is 26.3 Å². The minimum absolute atomic E-state index is 0.0278. The second kappa shape index (κ2) is 28.5. The standard InChI is InChI=1S/C47H52O16/c1-6-42(48)58-31-39(60-44(50)8-3)29-54-24-10-12-26-56-36-18-14-34(15-19-36)46(52)62-38-22-23-41(33(5)28-38)63-47(53)35-16-20-37(21-17-35)57-27-13-11-25-55-30-40(61-45(51)9-4)32-59-43(49)7-2/h6-9,14-23,28,39-40H,1-4,10-13,24-27,29-32H2,5H3. The van der Waals surface area contributed by atoms with Crippen molar-refractivity contribution in [1.29, 1.82) is 0 Å². The molecular formula is C47H52O16. The molecule has 0 aliphatic heterocycles. The Bertz CT molecular complexity index is 2000. The molecule has 0 saturated heterocycles. The minimum Gasteiger partial charge on any atom is -0.494 e. The highest BCUT2D eigenvalue weighted by Gasteiger charge is 2.18. The van der Waals surface area contributed by atoms with Gasteiger partial charge in [0, 0.05) is 37.5 Å². The normalized spacial score (nSPS) is 11.4.